The van der Waals surface area contributed by atoms with Gasteiger partial charge in [-0.3, -0.25) is 0 Å². The number of carboxylic acids is 1. The average Bonchev–Trinajstić information content (AvgIpc) is 3.06. The minimum atomic E-state index is -1.12. The van der Waals surface area contributed by atoms with Crippen LogP contribution in [0.5, 0.6) is 11.6 Å². The van der Waals surface area contributed by atoms with Gasteiger partial charge in [0.2, 0.25) is 17.6 Å². The van der Waals surface area contributed by atoms with E-state index in [9.17, 15) is 9.18 Å². The van der Waals surface area contributed by atoms with Crippen LogP contribution in [0, 0.1) is 5.82 Å². The van der Waals surface area contributed by atoms with Crippen LogP contribution in [0.4, 0.5) is 4.39 Å². The molecule has 0 saturated carbocycles. The standard InChI is InChI=1S/C17H12FN3O4/c1-10(17(22)23)8-15-20-16(21-25-15)11-2-5-13(6-3-11)24-14-7-4-12(18)9-19-14/h2-7,9H,1,8H2,(H,22,23). The zero-order valence-electron chi connectivity index (χ0n) is 12.8. The van der Waals surface area contributed by atoms with Gasteiger partial charge in [0.1, 0.15) is 11.6 Å². The van der Waals surface area contributed by atoms with E-state index in [1.54, 1.807) is 24.3 Å². The molecule has 0 aliphatic carbocycles. The molecule has 0 atom stereocenters. The molecule has 126 valence electrons. The molecule has 7 nitrogen and oxygen atoms in total. The number of carboxylic acid groups (broad SMARTS) is 1. The summed E-state index contributed by atoms with van der Waals surface area (Å²) in [6, 6.07) is 9.44. The highest BCUT2D eigenvalue weighted by atomic mass is 19.1. The van der Waals surface area contributed by atoms with Crippen molar-refractivity contribution in [3.8, 4) is 23.0 Å². The van der Waals surface area contributed by atoms with Crippen molar-refractivity contribution in [3.05, 3.63) is 66.5 Å². The second-order valence-electron chi connectivity index (χ2n) is 5.04. The van der Waals surface area contributed by atoms with Crippen molar-refractivity contribution in [2.24, 2.45) is 0 Å². The summed E-state index contributed by atoms with van der Waals surface area (Å²) in [6.07, 6.45) is 1.04. The first-order chi connectivity index (χ1) is 12.0. The molecular weight excluding hydrogens is 329 g/mol. The third-order valence-electron chi connectivity index (χ3n) is 3.17. The highest BCUT2D eigenvalue weighted by Crippen LogP contribution is 2.23. The third-order valence-corrected chi connectivity index (χ3v) is 3.17. The summed E-state index contributed by atoms with van der Waals surface area (Å²) in [5.74, 6) is -0.302. The molecule has 2 heterocycles. The van der Waals surface area contributed by atoms with Crippen molar-refractivity contribution in [2.45, 2.75) is 6.42 Å². The first-order valence-electron chi connectivity index (χ1n) is 7.15. The van der Waals surface area contributed by atoms with Crippen molar-refractivity contribution >= 4 is 5.97 Å². The summed E-state index contributed by atoms with van der Waals surface area (Å²) in [5.41, 5.74) is 0.626. The number of carbonyl (C=O) groups is 1. The van der Waals surface area contributed by atoms with E-state index in [4.69, 9.17) is 14.4 Å². The van der Waals surface area contributed by atoms with Crippen molar-refractivity contribution in [1.82, 2.24) is 15.1 Å². The van der Waals surface area contributed by atoms with Crippen molar-refractivity contribution in [1.29, 1.82) is 0 Å². The summed E-state index contributed by atoms with van der Waals surface area (Å²) >= 11 is 0. The van der Waals surface area contributed by atoms with Crippen LogP contribution in [-0.2, 0) is 11.2 Å². The molecule has 0 aliphatic heterocycles. The number of aliphatic carboxylic acids is 1. The topological polar surface area (TPSA) is 98.3 Å². The highest BCUT2D eigenvalue weighted by Gasteiger charge is 2.13. The first kappa shape index (κ1) is 16.3. The maximum atomic E-state index is 12.8. The van der Waals surface area contributed by atoms with Crippen LogP contribution in [0.1, 0.15) is 5.89 Å². The van der Waals surface area contributed by atoms with Gasteiger partial charge in [-0.05, 0) is 30.3 Å². The smallest absolute Gasteiger partial charge is 0.331 e. The summed E-state index contributed by atoms with van der Waals surface area (Å²) in [5, 5.41) is 12.6. The van der Waals surface area contributed by atoms with Crippen LogP contribution in [0.3, 0.4) is 0 Å². The van der Waals surface area contributed by atoms with Gasteiger partial charge in [0.25, 0.3) is 0 Å². The first-order valence-corrected chi connectivity index (χ1v) is 7.15. The molecule has 1 N–H and O–H groups in total. The second kappa shape index (κ2) is 6.91. The van der Waals surface area contributed by atoms with Crippen LogP contribution in [0.15, 0.2) is 59.3 Å². The maximum Gasteiger partial charge on any atom is 0.331 e. The predicted octanol–water partition coefficient (Wildman–Crippen LogP) is 3.25. The lowest BCUT2D eigenvalue weighted by molar-refractivity contribution is -0.132. The van der Waals surface area contributed by atoms with E-state index in [1.165, 1.54) is 12.1 Å². The average molecular weight is 341 g/mol. The molecule has 3 rings (SSSR count). The number of hydrogen-bond acceptors (Lipinski definition) is 6. The molecule has 0 amide bonds. The Morgan fingerprint density at radius 1 is 1.24 bits per heavy atom. The molecule has 8 heteroatoms. The number of rotatable bonds is 6. The fourth-order valence-electron chi connectivity index (χ4n) is 1.92. The van der Waals surface area contributed by atoms with Gasteiger partial charge in [0.15, 0.2) is 0 Å². The summed E-state index contributed by atoms with van der Waals surface area (Å²) in [7, 11) is 0. The Labute approximate surface area is 141 Å². The molecule has 0 aliphatic rings. The van der Waals surface area contributed by atoms with Crippen LogP contribution >= 0.6 is 0 Å². The molecule has 0 fully saturated rings. The fraction of sp³-hybridized carbons (Fsp3) is 0.0588. The molecule has 25 heavy (non-hydrogen) atoms. The molecule has 0 spiro atoms. The lowest BCUT2D eigenvalue weighted by atomic mass is 10.2. The summed E-state index contributed by atoms with van der Waals surface area (Å²) in [4.78, 5) is 18.7. The van der Waals surface area contributed by atoms with Crippen LogP contribution < -0.4 is 4.74 Å². The van der Waals surface area contributed by atoms with Gasteiger partial charge in [0, 0.05) is 17.2 Å². The minimum Gasteiger partial charge on any atom is -0.478 e. The fourth-order valence-corrected chi connectivity index (χ4v) is 1.92. The molecule has 0 radical (unpaired) electrons. The highest BCUT2D eigenvalue weighted by molar-refractivity contribution is 5.86. The summed E-state index contributed by atoms with van der Waals surface area (Å²) in [6.45, 7) is 3.42. The largest absolute Gasteiger partial charge is 0.478 e. The Balaban J connectivity index is 1.70. The van der Waals surface area contributed by atoms with E-state index < -0.39 is 11.8 Å². The van der Waals surface area contributed by atoms with Gasteiger partial charge in [-0.25, -0.2) is 14.2 Å². The molecule has 0 unspecified atom stereocenters. The number of halogens is 1. The van der Waals surface area contributed by atoms with Gasteiger partial charge < -0.3 is 14.4 Å². The zero-order valence-corrected chi connectivity index (χ0v) is 12.8. The number of aromatic nitrogens is 3. The van der Waals surface area contributed by atoms with E-state index in [1.807, 2.05) is 0 Å². The van der Waals surface area contributed by atoms with Gasteiger partial charge in [-0.15, -0.1) is 0 Å². The second-order valence-corrected chi connectivity index (χ2v) is 5.04. The minimum absolute atomic E-state index is 0.0280. The van der Waals surface area contributed by atoms with E-state index in [2.05, 4.69) is 21.7 Å². The normalized spacial score (nSPS) is 10.4. The van der Waals surface area contributed by atoms with E-state index in [0.717, 1.165) is 6.20 Å². The summed E-state index contributed by atoms with van der Waals surface area (Å²) < 4.78 is 23.3. The Morgan fingerprint density at radius 2 is 2.00 bits per heavy atom. The lowest BCUT2D eigenvalue weighted by Gasteiger charge is -2.04. The van der Waals surface area contributed by atoms with Crippen LogP contribution in [0.2, 0.25) is 0 Å². The zero-order chi connectivity index (χ0) is 17.8. The molecule has 3 aromatic rings. The lowest BCUT2D eigenvalue weighted by Crippen LogP contribution is -2.02. The number of pyridine rings is 1. The Hall–Kier alpha value is -3.55. The predicted molar refractivity (Wildman–Crippen MR) is 84.5 cm³/mol. The van der Waals surface area contributed by atoms with Crippen LogP contribution in [-0.4, -0.2) is 26.2 Å². The number of ether oxygens (including phenoxy) is 1. The van der Waals surface area contributed by atoms with E-state index >= 15 is 0 Å². The van der Waals surface area contributed by atoms with E-state index in [-0.39, 0.29) is 23.8 Å². The van der Waals surface area contributed by atoms with Crippen LogP contribution in [0.25, 0.3) is 11.4 Å². The molecule has 0 saturated heterocycles. The molecule has 0 bridgehead atoms. The van der Waals surface area contributed by atoms with E-state index in [0.29, 0.717) is 17.1 Å². The Morgan fingerprint density at radius 3 is 2.64 bits per heavy atom. The van der Waals surface area contributed by atoms with Gasteiger partial charge in [0.05, 0.1) is 12.6 Å². The van der Waals surface area contributed by atoms with Gasteiger partial charge >= 0.3 is 5.97 Å². The molecule has 2 aromatic heterocycles. The SMILES string of the molecule is C=C(Cc1nc(-c2ccc(Oc3ccc(F)cn3)cc2)no1)C(=O)O. The molecular formula is C17H12FN3O4. The molecule has 1 aromatic carbocycles. The third kappa shape index (κ3) is 4.05. The quantitative estimate of drug-likeness (QED) is 0.687. The van der Waals surface area contributed by atoms with Crippen molar-refractivity contribution in [2.75, 3.05) is 0 Å². The monoisotopic (exact) mass is 341 g/mol. The number of benzene rings is 1. The van der Waals surface area contributed by atoms with Crippen molar-refractivity contribution < 1.29 is 23.6 Å². The Bertz CT molecular complexity index is 904. The van der Waals surface area contributed by atoms with Gasteiger partial charge in [-0.2, -0.15) is 4.98 Å². The number of hydrogen-bond donors (Lipinski definition) is 1. The Kier molecular flexibility index (Phi) is 4.51. The van der Waals surface area contributed by atoms with Gasteiger partial charge in [-0.1, -0.05) is 11.7 Å². The number of nitrogens with zero attached hydrogens (tertiary/aromatic N) is 3. The maximum absolute atomic E-state index is 12.8. The van der Waals surface area contributed by atoms with Crippen molar-refractivity contribution in [3.63, 3.8) is 0 Å².